The summed E-state index contributed by atoms with van der Waals surface area (Å²) in [6.45, 7) is 6.49. The Balaban J connectivity index is 2.49. The molecule has 0 heterocycles. The zero-order chi connectivity index (χ0) is 26.6. The lowest BCUT2D eigenvalue weighted by molar-refractivity contribution is -0.140. The summed E-state index contributed by atoms with van der Waals surface area (Å²) in [7, 11) is -2.54. The molecule has 0 saturated heterocycles. The molecule has 11 heteroatoms. The van der Waals surface area contributed by atoms with Gasteiger partial charge in [0.25, 0.3) is 0 Å². The topological polar surface area (TPSA) is 96.0 Å². The number of benzene rings is 2. The zero-order valence-corrected chi connectivity index (χ0v) is 23.0. The lowest BCUT2D eigenvalue weighted by Crippen LogP contribution is -2.54. The van der Waals surface area contributed by atoms with Gasteiger partial charge in [-0.15, -0.1) is 0 Å². The van der Waals surface area contributed by atoms with Gasteiger partial charge in [-0.1, -0.05) is 41.4 Å². The first-order valence-corrected chi connectivity index (χ1v) is 13.4. The molecule has 0 fully saturated rings. The fourth-order valence-electron chi connectivity index (χ4n) is 3.32. The van der Waals surface area contributed by atoms with Gasteiger partial charge in [0.1, 0.15) is 18.3 Å². The van der Waals surface area contributed by atoms with Crippen LogP contribution in [0.1, 0.15) is 33.3 Å². The molecule has 1 unspecified atom stereocenters. The van der Waals surface area contributed by atoms with Crippen LogP contribution < -0.4 is 14.4 Å². The summed E-state index contributed by atoms with van der Waals surface area (Å²) in [6.07, 6.45) is 0.981. The number of amides is 2. The highest BCUT2D eigenvalue weighted by molar-refractivity contribution is 7.92. The van der Waals surface area contributed by atoms with Gasteiger partial charge in [0.05, 0.1) is 19.1 Å². The van der Waals surface area contributed by atoms with Gasteiger partial charge < -0.3 is 15.0 Å². The molecule has 1 N–H and O–H groups in total. The second kappa shape index (κ2) is 11.5. The molecule has 0 spiro atoms. The van der Waals surface area contributed by atoms with Gasteiger partial charge in [-0.25, -0.2) is 8.42 Å². The van der Waals surface area contributed by atoms with Gasteiger partial charge in [0, 0.05) is 22.1 Å². The molecule has 192 valence electrons. The Morgan fingerprint density at radius 2 is 1.74 bits per heavy atom. The number of ether oxygens (including phenoxy) is 1. The maximum Gasteiger partial charge on any atom is 0.244 e. The van der Waals surface area contributed by atoms with Gasteiger partial charge in [0.15, 0.2) is 0 Å². The smallest absolute Gasteiger partial charge is 0.244 e. The standard InChI is InChI=1S/C24H31Cl2N3O5S/c1-16(23(31)27-24(2,3)4)28(14-17-9-7-8-10-19(17)26)22(30)15-29(35(6,32)33)20-13-18(25)11-12-21(20)34-5/h7-13,16H,14-15H2,1-6H3,(H,27,31). The molecule has 0 radical (unpaired) electrons. The van der Waals surface area contributed by atoms with Crippen LogP contribution in [-0.2, 0) is 26.2 Å². The van der Waals surface area contributed by atoms with E-state index in [4.69, 9.17) is 27.9 Å². The Morgan fingerprint density at radius 1 is 1.11 bits per heavy atom. The Hall–Kier alpha value is -2.49. The quantitative estimate of drug-likeness (QED) is 0.513. The molecule has 2 aromatic rings. The van der Waals surface area contributed by atoms with Crippen LogP contribution in [0, 0.1) is 0 Å². The number of nitrogens with one attached hydrogen (secondary N) is 1. The second-order valence-corrected chi connectivity index (χ2v) is 11.9. The van der Waals surface area contributed by atoms with Crippen LogP contribution in [0.25, 0.3) is 0 Å². The predicted molar refractivity (Wildman–Crippen MR) is 140 cm³/mol. The highest BCUT2D eigenvalue weighted by Gasteiger charge is 2.32. The molecule has 1 atom stereocenters. The average molecular weight is 545 g/mol. The minimum atomic E-state index is -3.93. The van der Waals surface area contributed by atoms with E-state index < -0.39 is 34.1 Å². The Bertz CT molecular complexity index is 1180. The summed E-state index contributed by atoms with van der Waals surface area (Å²) in [5, 5.41) is 3.55. The molecule has 2 amide bonds. The molecular weight excluding hydrogens is 513 g/mol. The molecule has 0 aromatic heterocycles. The zero-order valence-electron chi connectivity index (χ0n) is 20.6. The van der Waals surface area contributed by atoms with Crippen LogP contribution >= 0.6 is 23.2 Å². The molecule has 0 aliphatic carbocycles. The Labute approximate surface area is 217 Å². The molecule has 0 saturated carbocycles. The largest absolute Gasteiger partial charge is 0.495 e. The summed E-state index contributed by atoms with van der Waals surface area (Å²) in [5.74, 6) is -0.762. The van der Waals surface area contributed by atoms with Crippen molar-refractivity contribution in [3.05, 3.63) is 58.1 Å². The number of halogens is 2. The Morgan fingerprint density at radius 3 is 2.29 bits per heavy atom. The van der Waals surface area contributed by atoms with E-state index >= 15 is 0 Å². The van der Waals surface area contributed by atoms with E-state index in [1.54, 1.807) is 37.3 Å². The van der Waals surface area contributed by atoms with Crippen molar-refractivity contribution in [3.63, 3.8) is 0 Å². The first-order chi connectivity index (χ1) is 16.1. The van der Waals surface area contributed by atoms with Crippen molar-refractivity contribution in [2.75, 3.05) is 24.2 Å². The van der Waals surface area contributed by atoms with Crippen molar-refractivity contribution in [1.29, 1.82) is 0 Å². The fourth-order valence-corrected chi connectivity index (χ4v) is 4.53. The molecule has 0 aliphatic rings. The van der Waals surface area contributed by atoms with Gasteiger partial charge >= 0.3 is 0 Å². The number of rotatable bonds is 9. The number of sulfonamides is 1. The van der Waals surface area contributed by atoms with Gasteiger partial charge in [0.2, 0.25) is 21.8 Å². The van der Waals surface area contributed by atoms with E-state index in [1.807, 2.05) is 20.8 Å². The van der Waals surface area contributed by atoms with Crippen molar-refractivity contribution in [2.45, 2.75) is 45.8 Å². The third-order valence-electron chi connectivity index (χ3n) is 5.05. The fraction of sp³-hybridized carbons (Fsp3) is 0.417. The average Bonchev–Trinajstić information content (AvgIpc) is 2.74. The molecule has 2 aromatic carbocycles. The van der Waals surface area contributed by atoms with E-state index in [-0.39, 0.29) is 28.9 Å². The maximum atomic E-state index is 13.6. The molecule has 8 nitrogen and oxygen atoms in total. The van der Waals surface area contributed by atoms with Crippen LogP contribution in [0.5, 0.6) is 5.75 Å². The lowest BCUT2D eigenvalue weighted by Gasteiger charge is -2.33. The number of nitrogens with zero attached hydrogens (tertiary/aromatic N) is 2. The van der Waals surface area contributed by atoms with Crippen LogP contribution in [0.4, 0.5) is 5.69 Å². The van der Waals surface area contributed by atoms with E-state index in [9.17, 15) is 18.0 Å². The second-order valence-electron chi connectivity index (χ2n) is 9.11. The van der Waals surface area contributed by atoms with Crippen molar-refractivity contribution in [2.24, 2.45) is 0 Å². The summed E-state index contributed by atoms with van der Waals surface area (Å²) in [6, 6.07) is 10.5. The SMILES string of the molecule is COc1ccc(Cl)cc1N(CC(=O)N(Cc1ccccc1Cl)C(C)C(=O)NC(C)(C)C)S(C)(=O)=O. The van der Waals surface area contributed by atoms with Crippen LogP contribution in [0.2, 0.25) is 10.0 Å². The predicted octanol–water partition coefficient (Wildman–Crippen LogP) is 4.10. The minimum absolute atomic E-state index is 0.00151. The highest BCUT2D eigenvalue weighted by Crippen LogP contribution is 2.33. The van der Waals surface area contributed by atoms with Gasteiger partial charge in [-0.3, -0.25) is 13.9 Å². The normalized spacial score (nSPS) is 12.6. The highest BCUT2D eigenvalue weighted by atomic mass is 35.5. The number of hydrogen-bond acceptors (Lipinski definition) is 5. The summed E-state index contributed by atoms with van der Waals surface area (Å²) in [4.78, 5) is 27.9. The van der Waals surface area contributed by atoms with Crippen molar-refractivity contribution in [1.82, 2.24) is 10.2 Å². The monoisotopic (exact) mass is 543 g/mol. The maximum absolute atomic E-state index is 13.6. The van der Waals surface area contributed by atoms with Crippen molar-refractivity contribution >= 4 is 50.7 Å². The molecular formula is C24H31Cl2N3O5S. The molecule has 0 aliphatic heterocycles. The number of carbonyl (C=O) groups excluding carboxylic acids is 2. The number of carbonyl (C=O) groups is 2. The van der Waals surface area contributed by atoms with Crippen LogP contribution in [0.3, 0.4) is 0 Å². The van der Waals surface area contributed by atoms with E-state index in [0.29, 0.717) is 10.6 Å². The third kappa shape index (κ3) is 8.02. The van der Waals surface area contributed by atoms with Crippen LogP contribution in [0.15, 0.2) is 42.5 Å². The Kier molecular flexibility index (Phi) is 9.44. The van der Waals surface area contributed by atoms with Gasteiger partial charge in [-0.2, -0.15) is 0 Å². The molecule has 2 rings (SSSR count). The van der Waals surface area contributed by atoms with Crippen molar-refractivity contribution < 1.29 is 22.7 Å². The van der Waals surface area contributed by atoms with Crippen molar-refractivity contribution in [3.8, 4) is 5.75 Å². The van der Waals surface area contributed by atoms with E-state index in [2.05, 4.69) is 5.32 Å². The first kappa shape index (κ1) is 28.7. The minimum Gasteiger partial charge on any atom is -0.495 e. The number of anilines is 1. The molecule has 35 heavy (non-hydrogen) atoms. The van der Waals surface area contributed by atoms with E-state index in [0.717, 1.165) is 10.6 Å². The van der Waals surface area contributed by atoms with Gasteiger partial charge in [-0.05, 0) is 57.5 Å². The first-order valence-electron chi connectivity index (χ1n) is 10.8. The third-order valence-corrected chi connectivity index (χ3v) is 6.78. The lowest BCUT2D eigenvalue weighted by atomic mass is 10.1. The summed E-state index contributed by atoms with van der Waals surface area (Å²) < 4.78 is 31.7. The summed E-state index contributed by atoms with van der Waals surface area (Å²) in [5.41, 5.74) is 0.196. The van der Waals surface area contributed by atoms with Crippen LogP contribution in [-0.4, -0.2) is 56.6 Å². The van der Waals surface area contributed by atoms with E-state index in [1.165, 1.54) is 24.1 Å². The molecule has 0 bridgehead atoms. The number of methoxy groups -OCH3 is 1. The summed E-state index contributed by atoms with van der Waals surface area (Å²) >= 11 is 12.4. The number of hydrogen-bond donors (Lipinski definition) is 1.